The van der Waals surface area contributed by atoms with Gasteiger partial charge in [0.05, 0.1) is 0 Å². The molecule has 154 valence electrons. The number of piperidine rings is 1. The van der Waals surface area contributed by atoms with Gasteiger partial charge in [0, 0.05) is 12.3 Å². The number of hydrogen-bond acceptors (Lipinski definition) is 3. The lowest BCUT2D eigenvalue weighted by Gasteiger charge is -2.36. The number of carbonyl (C=O) groups is 1. The highest BCUT2D eigenvalue weighted by Gasteiger charge is 2.33. The van der Waals surface area contributed by atoms with Crippen molar-refractivity contribution in [2.75, 3.05) is 13.1 Å². The van der Waals surface area contributed by atoms with Crippen molar-refractivity contribution in [2.24, 2.45) is 5.92 Å². The zero-order valence-corrected chi connectivity index (χ0v) is 17.9. The molecule has 0 atom stereocenters. The first-order valence-electron chi connectivity index (χ1n) is 11.5. The highest BCUT2D eigenvalue weighted by molar-refractivity contribution is 5.69. The third kappa shape index (κ3) is 11.2. The van der Waals surface area contributed by atoms with Crippen molar-refractivity contribution in [2.45, 2.75) is 123 Å². The largest absolute Gasteiger partial charge is 0.459 e. The summed E-state index contributed by atoms with van der Waals surface area (Å²) in [5.74, 6) is 0.496. The number of ether oxygens (including phenoxy) is 1. The predicted octanol–water partition coefficient (Wildman–Crippen LogP) is 6.40. The molecule has 0 unspecified atom stereocenters. The van der Waals surface area contributed by atoms with Gasteiger partial charge in [0.25, 0.3) is 0 Å². The molecule has 1 fully saturated rings. The molecule has 0 bridgehead atoms. The minimum atomic E-state index is -0.309. The Labute approximate surface area is 163 Å². The number of rotatable bonds is 15. The van der Waals surface area contributed by atoms with Crippen LogP contribution >= 0.6 is 0 Å². The molecule has 0 saturated carbocycles. The van der Waals surface area contributed by atoms with Crippen molar-refractivity contribution in [3.63, 3.8) is 0 Å². The molecule has 0 aromatic carbocycles. The molecule has 0 spiro atoms. The second kappa shape index (κ2) is 14.5. The molecule has 1 heterocycles. The first-order chi connectivity index (χ1) is 12.6. The monoisotopic (exact) mass is 367 g/mol. The van der Waals surface area contributed by atoms with Crippen molar-refractivity contribution < 1.29 is 9.53 Å². The molecule has 3 heteroatoms. The van der Waals surface area contributed by atoms with E-state index in [1.54, 1.807) is 0 Å². The fourth-order valence-corrected chi connectivity index (χ4v) is 4.06. The van der Waals surface area contributed by atoms with E-state index in [-0.39, 0.29) is 11.6 Å². The summed E-state index contributed by atoms with van der Waals surface area (Å²) in [5.41, 5.74) is -0.309. The summed E-state index contributed by atoms with van der Waals surface area (Å²) < 4.78 is 5.81. The summed E-state index contributed by atoms with van der Waals surface area (Å²) in [6.45, 7) is 8.54. The normalized spacial score (nSPS) is 16.0. The van der Waals surface area contributed by atoms with Crippen LogP contribution in [0.5, 0.6) is 0 Å². The van der Waals surface area contributed by atoms with Gasteiger partial charge in [-0.15, -0.1) is 0 Å². The summed E-state index contributed by atoms with van der Waals surface area (Å²) in [7, 11) is 0. The van der Waals surface area contributed by atoms with Gasteiger partial charge < -0.3 is 10.1 Å². The van der Waals surface area contributed by atoms with E-state index in [0.717, 1.165) is 32.4 Å². The quantitative estimate of drug-likeness (QED) is 0.269. The lowest BCUT2D eigenvalue weighted by Crippen LogP contribution is -2.42. The van der Waals surface area contributed by atoms with Crippen LogP contribution in [0.25, 0.3) is 0 Å². The molecule has 0 aromatic heterocycles. The maximum atomic E-state index is 12.1. The van der Waals surface area contributed by atoms with Crippen LogP contribution in [0.2, 0.25) is 0 Å². The van der Waals surface area contributed by atoms with Gasteiger partial charge in [-0.05, 0) is 46.2 Å². The van der Waals surface area contributed by atoms with Gasteiger partial charge in [0.1, 0.15) is 5.60 Å². The third-order valence-electron chi connectivity index (χ3n) is 5.93. The Balaban J connectivity index is 1.93. The van der Waals surface area contributed by atoms with E-state index in [2.05, 4.69) is 26.1 Å². The van der Waals surface area contributed by atoms with Gasteiger partial charge in [-0.25, -0.2) is 0 Å². The fraction of sp³-hybridized carbons (Fsp3) is 0.957. The van der Waals surface area contributed by atoms with E-state index in [9.17, 15) is 4.79 Å². The Morgan fingerprint density at radius 1 is 0.846 bits per heavy atom. The molecule has 0 aliphatic carbocycles. The molecule has 0 aromatic rings. The van der Waals surface area contributed by atoms with Gasteiger partial charge in [-0.2, -0.15) is 0 Å². The average Bonchev–Trinajstić information content (AvgIpc) is 2.63. The van der Waals surface area contributed by atoms with Crippen LogP contribution in [0, 0.1) is 5.92 Å². The van der Waals surface area contributed by atoms with Crippen LogP contribution in [-0.2, 0) is 9.53 Å². The number of carbonyl (C=O) groups excluding carboxylic acids is 1. The molecular formula is C23H45NO2. The smallest absolute Gasteiger partial charge is 0.306 e. The number of nitrogens with one attached hydrogen (secondary N) is 1. The Morgan fingerprint density at radius 3 is 1.81 bits per heavy atom. The van der Waals surface area contributed by atoms with Crippen molar-refractivity contribution in [3.05, 3.63) is 0 Å². The third-order valence-corrected chi connectivity index (χ3v) is 5.93. The van der Waals surface area contributed by atoms with Gasteiger partial charge in [0.15, 0.2) is 0 Å². The molecule has 3 nitrogen and oxygen atoms in total. The van der Waals surface area contributed by atoms with Crippen LogP contribution in [0.1, 0.15) is 117 Å². The first kappa shape index (κ1) is 23.5. The summed E-state index contributed by atoms with van der Waals surface area (Å²) in [4.78, 5) is 12.1. The van der Waals surface area contributed by atoms with Crippen molar-refractivity contribution in [1.82, 2.24) is 5.32 Å². The van der Waals surface area contributed by atoms with Gasteiger partial charge >= 0.3 is 5.97 Å². The molecule has 1 aliphatic rings. The summed E-state index contributed by atoms with van der Waals surface area (Å²) in [5, 5.41) is 3.38. The maximum absolute atomic E-state index is 12.1. The molecule has 26 heavy (non-hydrogen) atoms. The second-order valence-corrected chi connectivity index (χ2v) is 8.74. The minimum absolute atomic E-state index is 0.000567. The Hall–Kier alpha value is -0.570. The summed E-state index contributed by atoms with van der Waals surface area (Å²) in [6.07, 6.45) is 18.7. The molecule has 1 N–H and O–H groups in total. The molecule has 0 amide bonds. The van der Waals surface area contributed by atoms with Crippen LogP contribution in [0.4, 0.5) is 0 Å². The van der Waals surface area contributed by atoms with E-state index in [0.29, 0.717) is 12.3 Å². The average molecular weight is 368 g/mol. The first-order valence-corrected chi connectivity index (χ1v) is 11.5. The van der Waals surface area contributed by atoms with Gasteiger partial charge in [0.2, 0.25) is 0 Å². The number of unbranched alkanes of at least 4 members (excludes halogenated alkanes) is 11. The SMILES string of the molecule is CCCCCCCCCCCCCCC(=O)OC(C)(C)C1CCNCC1. The van der Waals surface area contributed by atoms with E-state index in [1.807, 2.05) is 0 Å². The molecule has 1 aliphatic heterocycles. The summed E-state index contributed by atoms with van der Waals surface area (Å²) in [6, 6.07) is 0. The Bertz CT molecular complexity index is 348. The van der Waals surface area contributed by atoms with Gasteiger partial charge in [-0.1, -0.05) is 77.6 Å². The topological polar surface area (TPSA) is 38.3 Å². The van der Waals surface area contributed by atoms with E-state index < -0.39 is 0 Å². The van der Waals surface area contributed by atoms with E-state index >= 15 is 0 Å². The highest BCUT2D eigenvalue weighted by Crippen LogP contribution is 2.29. The Morgan fingerprint density at radius 2 is 1.31 bits per heavy atom. The molecular weight excluding hydrogens is 322 g/mol. The van der Waals surface area contributed by atoms with Crippen LogP contribution in [0.15, 0.2) is 0 Å². The standard InChI is InChI=1S/C23H45NO2/c1-4-5-6-7-8-9-10-11-12-13-14-15-16-22(25)26-23(2,3)21-17-19-24-20-18-21/h21,24H,4-20H2,1-3H3. The zero-order valence-electron chi connectivity index (χ0n) is 17.9. The zero-order chi connectivity index (χ0) is 19.1. The summed E-state index contributed by atoms with van der Waals surface area (Å²) >= 11 is 0. The van der Waals surface area contributed by atoms with Gasteiger partial charge in [-0.3, -0.25) is 4.79 Å². The highest BCUT2D eigenvalue weighted by atomic mass is 16.6. The van der Waals surface area contributed by atoms with Crippen molar-refractivity contribution in [3.8, 4) is 0 Å². The second-order valence-electron chi connectivity index (χ2n) is 8.74. The number of esters is 1. The van der Waals surface area contributed by atoms with E-state index in [4.69, 9.17) is 4.74 Å². The number of hydrogen-bond donors (Lipinski definition) is 1. The molecule has 1 rings (SSSR count). The molecule has 0 radical (unpaired) electrons. The van der Waals surface area contributed by atoms with Crippen LogP contribution < -0.4 is 5.32 Å². The molecule has 1 saturated heterocycles. The lowest BCUT2D eigenvalue weighted by atomic mass is 9.83. The lowest BCUT2D eigenvalue weighted by molar-refractivity contribution is -0.162. The minimum Gasteiger partial charge on any atom is -0.459 e. The Kier molecular flexibility index (Phi) is 13.1. The predicted molar refractivity (Wildman–Crippen MR) is 111 cm³/mol. The maximum Gasteiger partial charge on any atom is 0.306 e. The van der Waals surface area contributed by atoms with Crippen molar-refractivity contribution >= 4 is 5.97 Å². The van der Waals surface area contributed by atoms with Crippen molar-refractivity contribution in [1.29, 1.82) is 0 Å². The fourth-order valence-electron chi connectivity index (χ4n) is 4.06. The van der Waals surface area contributed by atoms with Crippen LogP contribution in [-0.4, -0.2) is 24.7 Å². The van der Waals surface area contributed by atoms with Crippen LogP contribution in [0.3, 0.4) is 0 Å². The van der Waals surface area contributed by atoms with E-state index in [1.165, 1.54) is 70.6 Å².